The molecular weight excluding hydrogens is 286 g/mol. The van der Waals surface area contributed by atoms with Crippen LogP contribution in [0, 0.1) is 31.6 Å². The number of rotatable bonds is 4. The second-order valence-corrected chi connectivity index (χ2v) is 4.33. The fourth-order valence-electron chi connectivity index (χ4n) is 1.86. The van der Waals surface area contributed by atoms with Gasteiger partial charge >= 0.3 is 0 Å². The highest BCUT2D eigenvalue weighted by molar-refractivity contribution is 5.90. The number of hydrogen-bond donors (Lipinski definition) is 0. The Morgan fingerprint density at radius 1 is 1.00 bits per heavy atom. The van der Waals surface area contributed by atoms with Crippen LogP contribution in [0.25, 0.3) is 11.6 Å². The van der Waals surface area contributed by atoms with E-state index in [4.69, 9.17) is 0 Å². The van der Waals surface area contributed by atoms with Gasteiger partial charge in [0.15, 0.2) is 0 Å². The maximum Gasteiger partial charge on any atom is 0.270 e. The second-order valence-electron chi connectivity index (χ2n) is 4.33. The molecule has 2 aromatic carbocycles. The van der Waals surface area contributed by atoms with E-state index in [1.807, 2.05) is 6.07 Å². The van der Waals surface area contributed by atoms with Crippen molar-refractivity contribution in [3.63, 3.8) is 0 Å². The van der Waals surface area contributed by atoms with Crippen molar-refractivity contribution in [2.75, 3.05) is 0 Å². The van der Waals surface area contributed by atoms with Crippen molar-refractivity contribution in [1.82, 2.24) is 0 Å². The predicted octanol–water partition coefficient (Wildman–Crippen LogP) is 3.57. The third kappa shape index (κ3) is 3.32. The summed E-state index contributed by atoms with van der Waals surface area (Å²) >= 11 is 0. The van der Waals surface area contributed by atoms with Gasteiger partial charge in [-0.15, -0.1) is 0 Å². The Labute approximate surface area is 125 Å². The molecule has 2 aromatic rings. The van der Waals surface area contributed by atoms with Gasteiger partial charge in [-0.05, 0) is 17.2 Å². The topological polar surface area (TPSA) is 110 Å². The lowest BCUT2D eigenvalue weighted by Crippen LogP contribution is -1.90. The third-order valence-corrected chi connectivity index (χ3v) is 2.88. The molecule has 0 N–H and O–H groups in total. The van der Waals surface area contributed by atoms with E-state index in [1.54, 1.807) is 12.1 Å². The number of allylic oxidation sites excluding steroid dienone is 1. The SMILES string of the molecule is N#CC(=Cc1cccc([N+](=O)[O-])c1)c1cccc([N+](=O)[O-])c1. The second kappa shape index (κ2) is 6.28. The van der Waals surface area contributed by atoms with Crippen molar-refractivity contribution in [1.29, 1.82) is 5.26 Å². The standard InChI is InChI=1S/C15H9N3O4/c16-10-13(12-4-2-6-15(9-12)18(21)22)7-11-3-1-5-14(8-11)17(19)20/h1-9H. The summed E-state index contributed by atoms with van der Waals surface area (Å²) < 4.78 is 0. The molecule has 0 radical (unpaired) electrons. The molecule has 0 saturated carbocycles. The van der Waals surface area contributed by atoms with Crippen molar-refractivity contribution in [3.05, 3.63) is 79.9 Å². The van der Waals surface area contributed by atoms with Crippen LogP contribution in [0.15, 0.2) is 48.5 Å². The molecule has 0 aliphatic carbocycles. The fourth-order valence-corrected chi connectivity index (χ4v) is 1.86. The van der Waals surface area contributed by atoms with Gasteiger partial charge in [0.2, 0.25) is 0 Å². The number of non-ortho nitro benzene ring substituents is 2. The summed E-state index contributed by atoms with van der Waals surface area (Å²) in [4.78, 5) is 20.4. The van der Waals surface area contributed by atoms with Gasteiger partial charge in [0.25, 0.3) is 11.4 Å². The Balaban J connectivity index is 2.46. The first-order chi connectivity index (χ1) is 10.5. The zero-order chi connectivity index (χ0) is 16.1. The summed E-state index contributed by atoms with van der Waals surface area (Å²) in [5.74, 6) is 0. The quantitative estimate of drug-likeness (QED) is 0.370. The monoisotopic (exact) mass is 295 g/mol. The van der Waals surface area contributed by atoms with E-state index >= 15 is 0 Å². The molecule has 22 heavy (non-hydrogen) atoms. The van der Waals surface area contributed by atoms with Gasteiger partial charge in [-0.2, -0.15) is 5.26 Å². The van der Waals surface area contributed by atoms with Crippen LogP contribution in [0.4, 0.5) is 11.4 Å². The van der Waals surface area contributed by atoms with E-state index in [0.29, 0.717) is 11.1 Å². The molecule has 0 saturated heterocycles. The highest BCUT2D eigenvalue weighted by Gasteiger charge is 2.10. The van der Waals surface area contributed by atoms with Gasteiger partial charge in [-0.25, -0.2) is 0 Å². The number of hydrogen-bond acceptors (Lipinski definition) is 5. The van der Waals surface area contributed by atoms with Crippen molar-refractivity contribution in [2.45, 2.75) is 0 Å². The van der Waals surface area contributed by atoms with E-state index in [1.165, 1.54) is 42.5 Å². The highest BCUT2D eigenvalue weighted by atomic mass is 16.6. The van der Waals surface area contributed by atoms with Crippen LogP contribution >= 0.6 is 0 Å². The number of nitro groups is 2. The van der Waals surface area contributed by atoms with E-state index in [-0.39, 0.29) is 16.9 Å². The molecule has 0 fully saturated rings. The van der Waals surface area contributed by atoms with Crippen molar-refractivity contribution in [2.24, 2.45) is 0 Å². The summed E-state index contributed by atoms with van der Waals surface area (Å²) in [6, 6.07) is 13.4. The number of nitriles is 1. The van der Waals surface area contributed by atoms with E-state index in [9.17, 15) is 25.5 Å². The fraction of sp³-hybridized carbons (Fsp3) is 0. The summed E-state index contributed by atoms with van der Waals surface area (Å²) in [5, 5.41) is 30.7. The summed E-state index contributed by atoms with van der Waals surface area (Å²) in [6.07, 6.45) is 1.45. The van der Waals surface area contributed by atoms with E-state index in [0.717, 1.165) is 0 Å². The molecule has 0 unspecified atom stereocenters. The van der Waals surface area contributed by atoms with Crippen LogP contribution in [0.5, 0.6) is 0 Å². The van der Waals surface area contributed by atoms with Crippen LogP contribution < -0.4 is 0 Å². The molecular formula is C15H9N3O4. The molecule has 0 heterocycles. The zero-order valence-electron chi connectivity index (χ0n) is 11.2. The average Bonchev–Trinajstić information content (AvgIpc) is 2.53. The normalized spacial score (nSPS) is 10.8. The van der Waals surface area contributed by atoms with Crippen molar-refractivity contribution < 1.29 is 9.85 Å². The van der Waals surface area contributed by atoms with E-state index < -0.39 is 9.85 Å². The third-order valence-electron chi connectivity index (χ3n) is 2.88. The molecule has 0 amide bonds. The van der Waals surface area contributed by atoms with Crippen LogP contribution in [0.1, 0.15) is 11.1 Å². The minimum atomic E-state index is -0.550. The van der Waals surface area contributed by atoms with Crippen molar-refractivity contribution >= 4 is 23.0 Å². The summed E-state index contributed by atoms with van der Waals surface area (Å²) in [7, 11) is 0. The maximum atomic E-state index is 10.8. The Hall–Kier alpha value is -3.53. The summed E-state index contributed by atoms with van der Waals surface area (Å²) in [5.41, 5.74) is 0.812. The first-order valence-electron chi connectivity index (χ1n) is 6.12. The predicted molar refractivity (Wildman–Crippen MR) is 79.7 cm³/mol. The molecule has 0 spiro atoms. The molecule has 0 bridgehead atoms. The molecule has 0 aliphatic rings. The van der Waals surface area contributed by atoms with Crippen LogP contribution in [0.3, 0.4) is 0 Å². The smallest absolute Gasteiger partial charge is 0.258 e. The molecule has 7 nitrogen and oxygen atoms in total. The molecule has 0 aliphatic heterocycles. The average molecular weight is 295 g/mol. The Morgan fingerprint density at radius 2 is 1.59 bits per heavy atom. The molecule has 108 valence electrons. The molecule has 0 atom stereocenters. The van der Waals surface area contributed by atoms with Gasteiger partial charge in [0.05, 0.1) is 21.5 Å². The first kappa shape index (κ1) is 14.9. The van der Waals surface area contributed by atoms with Gasteiger partial charge in [0, 0.05) is 24.3 Å². The highest BCUT2D eigenvalue weighted by Crippen LogP contribution is 2.23. The lowest BCUT2D eigenvalue weighted by Gasteiger charge is -2.00. The van der Waals surface area contributed by atoms with Crippen LogP contribution in [-0.4, -0.2) is 9.85 Å². The van der Waals surface area contributed by atoms with Gasteiger partial charge in [-0.3, -0.25) is 20.2 Å². The minimum absolute atomic E-state index is 0.0925. The van der Waals surface area contributed by atoms with Crippen LogP contribution in [-0.2, 0) is 0 Å². The van der Waals surface area contributed by atoms with E-state index in [2.05, 4.69) is 0 Å². The molecule has 7 heteroatoms. The Morgan fingerprint density at radius 3 is 2.18 bits per heavy atom. The van der Waals surface area contributed by atoms with Crippen LogP contribution in [0.2, 0.25) is 0 Å². The number of nitro benzene ring substituents is 2. The number of nitrogens with zero attached hydrogens (tertiary/aromatic N) is 3. The summed E-state index contributed by atoms with van der Waals surface area (Å²) in [6.45, 7) is 0. The molecule has 0 aromatic heterocycles. The first-order valence-corrected chi connectivity index (χ1v) is 6.12. The van der Waals surface area contributed by atoms with Crippen molar-refractivity contribution in [3.8, 4) is 6.07 Å². The zero-order valence-corrected chi connectivity index (χ0v) is 11.2. The lowest BCUT2D eigenvalue weighted by atomic mass is 10.0. The van der Waals surface area contributed by atoms with Gasteiger partial charge < -0.3 is 0 Å². The molecule has 2 rings (SSSR count). The van der Waals surface area contributed by atoms with Gasteiger partial charge in [-0.1, -0.05) is 24.3 Å². The largest absolute Gasteiger partial charge is 0.270 e. The minimum Gasteiger partial charge on any atom is -0.258 e. The Bertz CT molecular complexity index is 822. The lowest BCUT2D eigenvalue weighted by molar-refractivity contribution is -0.385. The Kier molecular flexibility index (Phi) is 4.24. The number of benzene rings is 2. The van der Waals surface area contributed by atoms with Gasteiger partial charge in [0.1, 0.15) is 0 Å². The maximum absolute atomic E-state index is 10.8.